The lowest BCUT2D eigenvalue weighted by molar-refractivity contribution is -0.118. The molecule has 2 N–H and O–H groups in total. The van der Waals surface area contributed by atoms with Gasteiger partial charge in [-0.25, -0.2) is 4.39 Å². The Labute approximate surface area is 162 Å². The van der Waals surface area contributed by atoms with Crippen molar-refractivity contribution < 1.29 is 18.7 Å². The van der Waals surface area contributed by atoms with E-state index in [1.54, 1.807) is 24.3 Å². The monoisotopic (exact) mass is 378 g/mol. The highest BCUT2D eigenvalue weighted by atomic mass is 19.1. The van der Waals surface area contributed by atoms with Crippen LogP contribution in [0.5, 0.6) is 5.75 Å². The van der Waals surface area contributed by atoms with Crippen LogP contribution in [0, 0.1) is 12.7 Å². The molecule has 0 aromatic heterocycles. The molecule has 0 aliphatic carbocycles. The number of carbonyl (C=O) groups is 2. The molecule has 0 atom stereocenters. The SMILES string of the molecule is Cc1ccc(NC(=O)c2ccc(OCC(=O)Nc3ccc(F)cc3)cc2)cc1. The Morgan fingerprint density at radius 3 is 2.04 bits per heavy atom. The molecule has 0 saturated heterocycles. The number of amides is 2. The van der Waals surface area contributed by atoms with Crippen molar-refractivity contribution in [2.45, 2.75) is 6.92 Å². The number of aryl methyl sites for hydroxylation is 1. The van der Waals surface area contributed by atoms with Crippen LogP contribution in [0.3, 0.4) is 0 Å². The van der Waals surface area contributed by atoms with Gasteiger partial charge in [0.2, 0.25) is 0 Å². The molecule has 0 bridgehead atoms. The van der Waals surface area contributed by atoms with Crippen LogP contribution < -0.4 is 15.4 Å². The molecule has 0 aliphatic heterocycles. The lowest BCUT2D eigenvalue weighted by atomic mass is 10.2. The Hall–Kier alpha value is -3.67. The summed E-state index contributed by atoms with van der Waals surface area (Å²) in [6.07, 6.45) is 0. The minimum absolute atomic E-state index is 0.202. The summed E-state index contributed by atoms with van der Waals surface area (Å²) in [6, 6.07) is 19.5. The summed E-state index contributed by atoms with van der Waals surface area (Å²) < 4.78 is 18.3. The number of hydrogen-bond acceptors (Lipinski definition) is 3. The number of nitrogens with one attached hydrogen (secondary N) is 2. The quantitative estimate of drug-likeness (QED) is 0.668. The lowest BCUT2D eigenvalue weighted by Gasteiger charge is -2.09. The highest BCUT2D eigenvalue weighted by molar-refractivity contribution is 6.04. The zero-order valence-corrected chi connectivity index (χ0v) is 15.2. The number of halogens is 1. The second kappa shape index (κ2) is 8.81. The molecule has 3 aromatic carbocycles. The zero-order valence-electron chi connectivity index (χ0n) is 15.2. The second-order valence-electron chi connectivity index (χ2n) is 6.19. The second-order valence-corrected chi connectivity index (χ2v) is 6.19. The van der Waals surface area contributed by atoms with E-state index in [2.05, 4.69) is 10.6 Å². The van der Waals surface area contributed by atoms with E-state index in [1.807, 2.05) is 31.2 Å². The van der Waals surface area contributed by atoms with Gasteiger partial charge in [-0.3, -0.25) is 9.59 Å². The molecule has 3 rings (SSSR count). The van der Waals surface area contributed by atoms with Crippen LogP contribution in [-0.4, -0.2) is 18.4 Å². The normalized spacial score (nSPS) is 10.2. The first-order valence-corrected chi connectivity index (χ1v) is 8.66. The van der Waals surface area contributed by atoms with Gasteiger partial charge in [-0.1, -0.05) is 17.7 Å². The molecule has 0 radical (unpaired) electrons. The molecule has 0 unspecified atom stereocenters. The fraction of sp³-hybridized carbons (Fsp3) is 0.0909. The van der Waals surface area contributed by atoms with Gasteiger partial charge in [0.25, 0.3) is 11.8 Å². The Balaban J connectivity index is 1.50. The first-order valence-electron chi connectivity index (χ1n) is 8.66. The average molecular weight is 378 g/mol. The number of carbonyl (C=O) groups excluding carboxylic acids is 2. The molecule has 0 saturated carbocycles. The maximum absolute atomic E-state index is 12.9. The van der Waals surface area contributed by atoms with E-state index >= 15 is 0 Å². The van der Waals surface area contributed by atoms with Gasteiger partial charge in [0.15, 0.2) is 6.61 Å². The maximum Gasteiger partial charge on any atom is 0.262 e. The highest BCUT2D eigenvalue weighted by Crippen LogP contribution is 2.15. The number of rotatable bonds is 6. The third kappa shape index (κ3) is 5.41. The molecule has 6 heteroatoms. The number of hydrogen-bond donors (Lipinski definition) is 2. The number of anilines is 2. The van der Waals surface area contributed by atoms with E-state index < -0.39 is 0 Å². The van der Waals surface area contributed by atoms with Crippen LogP contribution in [0.15, 0.2) is 72.8 Å². The van der Waals surface area contributed by atoms with E-state index in [9.17, 15) is 14.0 Å². The Morgan fingerprint density at radius 2 is 1.39 bits per heavy atom. The van der Waals surface area contributed by atoms with Crippen LogP contribution in [0.4, 0.5) is 15.8 Å². The van der Waals surface area contributed by atoms with Crippen molar-refractivity contribution >= 4 is 23.2 Å². The topological polar surface area (TPSA) is 67.4 Å². The predicted molar refractivity (Wildman–Crippen MR) is 106 cm³/mol. The van der Waals surface area contributed by atoms with Crippen LogP contribution in [0.25, 0.3) is 0 Å². The molecule has 2 amide bonds. The Kier molecular flexibility index (Phi) is 6.01. The van der Waals surface area contributed by atoms with Crippen molar-refractivity contribution in [2.75, 3.05) is 17.2 Å². The summed E-state index contributed by atoms with van der Waals surface area (Å²) in [7, 11) is 0. The van der Waals surface area contributed by atoms with E-state index in [0.717, 1.165) is 5.56 Å². The third-order valence-corrected chi connectivity index (χ3v) is 3.92. The third-order valence-electron chi connectivity index (χ3n) is 3.92. The molecule has 0 spiro atoms. The maximum atomic E-state index is 12.9. The van der Waals surface area contributed by atoms with E-state index in [1.165, 1.54) is 24.3 Å². The molecular weight excluding hydrogens is 359 g/mol. The number of benzene rings is 3. The van der Waals surface area contributed by atoms with Crippen LogP contribution in [0.1, 0.15) is 15.9 Å². The van der Waals surface area contributed by atoms with Gasteiger partial charge < -0.3 is 15.4 Å². The van der Waals surface area contributed by atoms with Crippen molar-refractivity contribution in [3.8, 4) is 5.75 Å². The van der Waals surface area contributed by atoms with Gasteiger partial charge in [0, 0.05) is 16.9 Å². The average Bonchev–Trinajstić information content (AvgIpc) is 2.70. The lowest BCUT2D eigenvalue weighted by Crippen LogP contribution is -2.20. The van der Waals surface area contributed by atoms with Crippen molar-refractivity contribution in [3.63, 3.8) is 0 Å². The fourth-order valence-electron chi connectivity index (χ4n) is 2.42. The molecule has 142 valence electrons. The fourth-order valence-corrected chi connectivity index (χ4v) is 2.42. The molecule has 0 aliphatic rings. The van der Waals surface area contributed by atoms with Crippen molar-refractivity contribution in [3.05, 3.63) is 89.7 Å². The van der Waals surface area contributed by atoms with E-state index in [4.69, 9.17) is 4.74 Å². The number of ether oxygens (including phenoxy) is 1. The molecule has 0 fully saturated rings. The summed E-state index contributed by atoms with van der Waals surface area (Å²) >= 11 is 0. The molecule has 28 heavy (non-hydrogen) atoms. The van der Waals surface area contributed by atoms with Gasteiger partial charge in [0.05, 0.1) is 0 Å². The van der Waals surface area contributed by atoms with Gasteiger partial charge >= 0.3 is 0 Å². The van der Waals surface area contributed by atoms with Crippen LogP contribution in [0.2, 0.25) is 0 Å². The van der Waals surface area contributed by atoms with E-state index in [-0.39, 0.29) is 24.2 Å². The van der Waals surface area contributed by atoms with Gasteiger partial charge in [-0.05, 0) is 67.6 Å². The predicted octanol–water partition coefficient (Wildman–Crippen LogP) is 4.40. The summed E-state index contributed by atoms with van der Waals surface area (Å²) in [6.45, 7) is 1.77. The molecule has 0 heterocycles. The van der Waals surface area contributed by atoms with Crippen molar-refractivity contribution in [1.29, 1.82) is 0 Å². The molecule has 5 nitrogen and oxygen atoms in total. The van der Waals surface area contributed by atoms with Gasteiger partial charge in [-0.2, -0.15) is 0 Å². The van der Waals surface area contributed by atoms with Crippen molar-refractivity contribution in [1.82, 2.24) is 0 Å². The molecular formula is C22H19FN2O3. The Morgan fingerprint density at radius 1 is 0.821 bits per heavy atom. The minimum atomic E-state index is -0.374. The highest BCUT2D eigenvalue weighted by Gasteiger charge is 2.08. The standard InChI is InChI=1S/C22H19FN2O3/c1-15-2-8-19(9-3-15)25-22(27)16-4-12-20(13-5-16)28-14-21(26)24-18-10-6-17(23)7-11-18/h2-13H,14H2,1H3,(H,24,26)(H,25,27). The summed E-state index contributed by atoms with van der Waals surface area (Å²) in [4.78, 5) is 24.1. The van der Waals surface area contributed by atoms with Gasteiger partial charge in [-0.15, -0.1) is 0 Å². The van der Waals surface area contributed by atoms with Gasteiger partial charge in [0.1, 0.15) is 11.6 Å². The van der Waals surface area contributed by atoms with Crippen molar-refractivity contribution in [2.24, 2.45) is 0 Å². The summed E-state index contributed by atoms with van der Waals surface area (Å²) in [5, 5.41) is 5.42. The first-order chi connectivity index (χ1) is 13.5. The first kappa shape index (κ1) is 19.1. The Bertz CT molecular complexity index is 953. The van der Waals surface area contributed by atoms with E-state index in [0.29, 0.717) is 22.7 Å². The van der Waals surface area contributed by atoms with Crippen LogP contribution in [-0.2, 0) is 4.79 Å². The minimum Gasteiger partial charge on any atom is -0.484 e. The van der Waals surface area contributed by atoms with Crippen LogP contribution >= 0.6 is 0 Å². The summed E-state index contributed by atoms with van der Waals surface area (Å²) in [5.74, 6) is -0.515. The summed E-state index contributed by atoms with van der Waals surface area (Å²) in [5.41, 5.74) is 2.79. The largest absolute Gasteiger partial charge is 0.484 e. The smallest absolute Gasteiger partial charge is 0.262 e. The molecule has 3 aromatic rings. The zero-order chi connectivity index (χ0) is 19.9.